The van der Waals surface area contributed by atoms with E-state index in [1.165, 1.54) is 0 Å². The zero-order chi connectivity index (χ0) is 14.2. The molecular formula is C16H15NO2S. The Kier molecular flexibility index (Phi) is 3.10. The third kappa shape index (κ3) is 2.34. The lowest BCUT2D eigenvalue weighted by molar-refractivity contribution is 0.595. The number of benzene rings is 2. The monoisotopic (exact) mass is 285 g/mol. The summed E-state index contributed by atoms with van der Waals surface area (Å²) in [6.07, 6.45) is 1.78. The highest BCUT2D eigenvalue weighted by Gasteiger charge is 2.17. The molecule has 3 aromatic rings. The van der Waals surface area contributed by atoms with Crippen molar-refractivity contribution in [3.8, 4) is 0 Å². The molecular weight excluding hydrogens is 270 g/mol. The van der Waals surface area contributed by atoms with Gasteiger partial charge in [0, 0.05) is 17.1 Å². The van der Waals surface area contributed by atoms with E-state index >= 15 is 0 Å². The fourth-order valence-corrected chi connectivity index (χ4v) is 3.72. The molecule has 3 nitrogen and oxygen atoms in total. The van der Waals surface area contributed by atoms with E-state index in [0.29, 0.717) is 4.90 Å². The second-order valence-electron chi connectivity index (χ2n) is 4.94. The average Bonchev–Trinajstić information content (AvgIpc) is 2.81. The number of sulfone groups is 1. The van der Waals surface area contributed by atoms with Gasteiger partial charge in [-0.25, -0.2) is 8.42 Å². The third-order valence-corrected chi connectivity index (χ3v) is 5.05. The summed E-state index contributed by atoms with van der Waals surface area (Å²) in [6, 6.07) is 14.5. The molecule has 0 spiro atoms. The van der Waals surface area contributed by atoms with Gasteiger partial charge >= 0.3 is 0 Å². The Hall–Kier alpha value is -2.07. The van der Waals surface area contributed by atoms with Crippen molar-refractivity contribution in [2.45, 2.75) is 17.6 Å². The van der Waals surface area contributed by atoms with E-state index < -0.39 is 9.84 Å². The minimum absolute atomic E-state index is 0.0140. The van der Waals surface area contributed by atoms with E-state index in [1.54, 1.807) is 30.5 Å². The first kappa shape index (κ1) is 12.9. The molecule has 4 heteroatoms. The van der Waals surface area contributed by atoms with E-state index in [4.69, 9.17) is 0 Å². The van der Waals surface area contributed by atoms with Gasteiger partial charge in [-0.2, -0.15) is 0 Å². The molecule has 2 aromatic carbocycles. The molecule has 0 fully saturated rings. The van der Waals surface area contributed by atoms with Crippen LogP contribution in [0, 0.1) is 6.92 Å². The summed E-state index contributed by atoms with van der Waals surface area (Å²) < 4.78 is 24.8. The van der Waals surface area contributed by atoms with Gasteiger partial charge in [-0.1, -0.05) is 30.3 Å². The van der Waals surface area contributed by atoms with Crippen LogP contribution in [0.5, 0.6) is 0 Å². The molecule has 1 N–H and O–H groups in total. The van der Waals surface area contributed by atoms with Crippen LogP contribution in [0.4, 0.5) is 0 Å². The normalized spacial score (nSPS) is 11.8. The number of rotatable bonds is 3. The van der Waals surface area contributed by atoms with Gasteiger partial charge in [0.05, 0.1) is 10.6 Å². The number of aromatic amines is 1. The number of H-pyrrole nitrogens is 1. The van der Waals surface area contributed by atoms with Crippen molar-refractivity contribution >= 4 is 20.7 Å². The third-order valence-electron chi connectivity index (χ3n) is 3.37. The zero-order valence-corrected chi connectivity index (χ0v) is 11.9. The van der Waals surface area contributed by atoms with Gasteiger partial charge in [0.25, 0.3) is 0 Å². The number of aryl methyl sites for hydroxylation is 1. The molecule has 0 aliphatic rings. The van der Waals surface area contributed by atoms with Gasteiger partial charge in [0.2, 0.25) is 0 Å². The van der Waals surface area contributed by atoms with E-state index in [2.05, 4.69) is 4.98 Å². The molecule has 0 radical (unpaired) electrons. The Morgan fingerprint density at radius 3 is 2.55 bits per heavy atom. The molecule has 0 bridgehead atoms. The molecule has 0 unspecified atom stereocenters. The highest BCUT2D eigenvalue weighted by molar-refractivity contribution is 7.90. The van der Waals surface area contributed by atoms with Crippen LogP contribution >= 0.6 is 0 Å². The molecule has 3 rings (SSSR count). The fraction of sp³-hybridized carbons (Fsp3) is 0.125. The number of aromatic nitrogens is 1. The van der Waals surface area contributed by atoms with Crippen molar-refractivity contribution in [3.63, 3.8) is 0 Å². The molecule has 20 heavy (non-hydrogen) atoms. The summed E-state index contributed by atoms with van der Waals surface area (Å²) in [4.78, 5) is 3.50. The van der Waals surface area contributed by atoms with Crippen LogP contribution in [0.25, 0.3) is 10.9 Å². The van der Waals surface area contributed by atoms with Crippen LogP contribution in [0.15, 0.2) is 59.6 Å². The predicted octanol–water partition coefficient (Wildman–Crippen LogP) is 3.45. The van der Waals surface area contributed by atoms with Gasteiger partial charge in [-0.05, 0) is 36.2 Å². The van der Waals surface area contributed by atoms with E-state index in [0.717, 1.165) is 22.0 Å². The second kappa shape index (κ2) is 4.80. The van der Waals surface area contributed by atoms with Gasteiger partial charge in [-0.3, -0.25) is 0 Å². The molecule has 102 valence electrons. The number of nitrogens with one attached hydrogen (secondary N) is 1. The Morgan fingerprint density at radius 2 is 1.80 bits per heavy atom. The Morgan fingerprint density at radius 1 is 1.05 bits per heavy atom. The maximum Gasteiger partial charge on any atom is 0.182 e. The number of fused-ring (bicyclic) bond motifs is 1. The summed E-state index contributed by atoms with van der Waals surface area (Å²) in [5.74, 6) is 0.0140. The summed E-state index contributed by atoms with van der Waals surface area (Å²) in [6.45, 7) is 2.01. The van der Waals surface area contributed by atoms with Crippen LogP contribution in [-0.2, 0) is 15.6 Å². The van der Waals surface area contributed by atoms with Crippen molar-refractivity contribution in [3.05, 3.63) is 65.9 Å². The van der Waals surface area contributed by atoms with Crippen molar-refractivity contribution in [2.75, 3.05) is 0 Å². The van der Waals surface area contributed by atoms with Crippen molar-refractivity contribution < 1.29 is 8.42 Å². The molecule has 0 amide bonds. The lowest BCUT2D eigenvalue weighted by Gasteiger charge is -2.03. The first-order valence-electron chi connectivity index (χ1n) is 6.41. The van der Waals surface area contributed by atoms with Crippen LogP contribution in [0.1, 0.15) is 11.1 Å². The van der Waals surface area contributed by atoms with Crippen molar-refractivity contribution in [1.29, 1.82) is 0 Å². The molecule has 0 atom stereocenters. The average molecular weight is 285 g/mol. The minimum Gasteiger partial charge on any atom is -0.361 e. The molecule has 0 aliphatic heterocycles. The standard InChI is InChI=1S/C16H15NO2S/c1-12-7-8-15-13(10-17-16(15)9-12)11-20(18,19)14-5-3-2-4-6-14/h2-10,17H,11H2,1H3. The summed E-state index contributed by atoms with van der Waals surface area (Å²) in [7, 11) is -3.30. The van der Waals surface area contributed by atoms with E-state index in [9.17, 15) is 8.42 Å². The SMILES string of the molecule is Cc1ccc2c(CS(=O)(=O)c3ccccc3)c[nH]c2c1. The highest BCUT2D eigenvalue weighted by Crippen LogP contribution is 2.24. The predicted molar refractivity (Wildman–Crippen MR) is 80.4 cm³/mol. The Bertz CT molecular complexity index is 849. The van der Waals surface area contributed by atoms with Gasteiger partial charge in [0.1, 0.15) is 0 Å². The maximum absolute atomic E-state index is 12.4. The van der Waals surface area contributed by atoms with Crippen LogP contribution in [-0.4, -0.2) is 13.4 Å². The first-order valence-corrected chi connectivity index (χ1v) is 8.06. The largest absolute Gasteiger partial charge is 0.361 e. The van der Waals surface area contributed by atoms with E-state index in [1.807, 2.05) is 31.2 Å². The van der Waals surface area contributed by atoms with Gasteiger partial charge in [0.15, 0.2) is 9.84 Å². The van der Waals surface area contributed by atoms with Gasteiger partial charge in [-0.15, -0.1) is 0 Å². The molecule has 1 heterocycles. The summed E-state index contributed by atoms with van der Waals surface area (Å²) >= 11 is 0. The van der Waals surface area contributed by atoms with Crippen LogP contribution in [0.3, 0.4) is 0 Å². The van der Waals surface area contributed by atoms with Crippen LogP contribution < -0.4 is 0 Å². The van der Waals surface area contributed by atoms with E-state index in [-0.39, 0.29) is 5.75 Å². The summed E-state index contributed by atoms with van der Waals surface area (Å²) in [5, 5.41) is 0.968. The molecule has 0 saturated heterocycles. The zero-order valence-electron chi connectivity index (χ0n) is 11.1. The van der Waals surface area contributed by atoms with Crippen molar-refractivity contribution in [1.82, 2.24) is 4.98 Å². The minimum atomic E-state index is -3.30. The lowest BCUT2D eigenvalue weighted by atomic mass is 10.1. The fourth-order valence-electron chi connectivity index (χ4n) is 2.34. The van der Waals surface area contributed by atoms with Crippen molar-refractivity contribution in [2.24, 2.45) is 0 Å². The summed E-state index contributed by atoms with van der Waals surface area (Å²) in [5.41, 5.74) is 2.93. The number of hydrogen-bond donors (Lipinski definition) is 1. The highest BCUT2D eigenvalue weighted by atomic mass is 32.2. The second-order valence-corrected chi connectivity index (χ2v) is 6.92. The molecule has 1 aromatic heterocycles. The Labute approximate surface area is 118 Å². The molecule has 0 saturated carbocycles. The quantitative estimate of drug-likeness (QED) is 0.801. The van der Waals surface area contributed by atoms with Crippen LogP contribution in [0.2, 0.25) is 0 Å². The lowest BCUT2D eigenvalue weighted by Crippen LogP contribution is -2.04. The topological polar surface area (TPSA) is 49.9 Å². The van der Waals surface area contributed by atoms with Gasteiger partial charge < -0.3 is 4.98 Å². The molecule has 0 aliphatic carbocycles. The number of hydrogen-bond acceptors (Lipinski definition) is 2. The first-order chi connectivity index (χ1) is 9.56. The smallest absolute Gasteiger partial charge is 0.182 e. The Balaban J connectivity index is 2.01. The maximum atomic E-state index is 12.4.